The third-order valence-corrected chi connectivity index (χ3v) is 4.41. The lowest BCUT2D eigenvalue weighted by Gasteiger charge is -2.15. The van der Waals surface area contributed by atoms with Crippen molar-refractivity contribution in [1.29, 1.82) is 0 Å². The van der Waals surface area contributed by atoms with Crippen LogP contribution in [0.1, 0.15) is 14.5 Å². The van der Waals surface area contributed by atoms with Crippen molar-refractivity contribution in [2.45, 2.75) is 0 Å². The number of anilines is 4. The van der Waals surface area contributed by atoms with Gasteiger partial charge in [-0.25, -0.2) is 9.97 Å². The fraction of sp³-hybridized carbons (Fsp3) is 0.200. The maximum absolute atomic E-state index is 12.7. The van der Waals surface area contributed by atoms with E-state index >= 15 is 0 Å². The minimum absolute atomic E-state index is 0.0459. The van der Waals surface area contributed by atoms with E-state index in [4.69, 9.17) is 8.85 Å². The van der Waals surface area contributed by atoms with Crippen LogP contribution in [0.3, 0.4) is 0 Å². The van der Waals surface area contributed by atoms with E-state index in [-0.39, 0.29) is 17.3 Å². The third-order valence-electron chi connectivity index (χ3n) is 4.41. The lowest BCUT2D eigenvalue weighted by molar-refractivity contribution is 0.0963. The minimum Gasteiger partial charge on any atom is -0.494 e. The van der Waals surface area contributed by atoms with Gasteiger partial charge in [0.15, 0.2) is 17.4 Å². The maximum Gasteiger partial charge on any atom is 0.256 e. The van der Waals surface area contributed by atoms with Crippen molar-refractivity contribution in [3.8, 4) is 17.1 Å². The molecule has 3 heterocycles. The topological polar surface area (TPSA) is 137 Å². The number of methoxy groups -OCH3 is 1. The molecule has 0 bridgehead atoms. The van der Waals surface area contributed by atoms with Crippen LogP contribution in [0.5, 0.6) is 5.75 Å². The van der Waals surface area contributed by atoms with Crippen molar-refractivity contribution in [3.05, 3.63) is 48.5 Å². The van der Waals surface area contributed by atoms with Gasteiger partial charge in [-0.2, -0.15) is 15.2 Å². The van der Waals surface area contributed by atoms with Crippen molar-refractivity contribution in [3.63, 3.8) is 0 Å². The molecule has 12 heteroatoms. The van der Waals surface area contributed by atoms with E-state index in [0.717, 1.165) is 0 Å². The van der Waals surface area contributed by atoms with Gasteiger partial charge in [0, 0.05) is 43.6 Å². The number of amides is 1. The Balaban J connectivity index is 1.75. The van der Waals surface area contributed by atoms with Crippen LogP contribution >= 0.6 is 0 Å². The third kappa shape index (κ3) is 4.19. The fourth-order valence-electron chi connectivity index (χ4n) is 2.99. The van der Waals surface area contributed by atoms with Gasteiger partial charge in [-0.15, -0.1) is 0 Å². The normalized spacial score (nSPS) is 12.4. The average molecular weight is 437 g/mol. The SMILES string of the molecule is [2H]C([2H])([2H])NC(=O)c1cnc(Nc2ccn(C)n2)nc1Nc1cccc(-c2ncn(C)n2)c1OC. The molecule has 3 N–H and O–H groups in total. The van der Waals surface area contributed by atoms with Crippen LogP contribution in [0.15, 0.2) is 43.0 Å². The van der Waals surface area contributed by atoms with Gasteiger partial charge in [0.25, 0.3) is 5.91 Å². The van der Waals surface area contributed by atoms with Gasteiger partial charge in [-0.05, 0) is 12.1 Å². The summed E-state index contributed by atoms with van der Waals surface area (Å²) in [5, 5.41) is 16.5. The smallest absolute Gasteiger partial charge is 0.256 e. The Morgan fingerprint density at radius 2 is 2.00 bits per heavy atom. The van der Waals surface area contributed by atoms with Crippen LogP contribution in [0, 0.1) is 0 Å². The summed E-state index contributed by atoms with van der Waals surface area (Å²) in [6.07, 6.45) is 4.52. The van der Waals surface area contributed by atoms with Crippen molar-refractivity contribution in [2.75, 3.05) is 24.7 Å². The highest BCUT2D eigenvalue weighted by Gasteiger charge is 2.19. The van der Waals surface area contributed by atoms with Gasteiger partial charge in [0.1, 0.15) is 17.7 Å². The van der Waals surface area contributed by atoms with Crippen LogP contribution in [-0.4, -0.2) is 54.5 Å². The largest absolute Gasteiger partial charge is 0.494 e. The number of nitrogens with one attached hydrogen (secondary N) is 3. The summed E-state index contributed by atoms with van der Waals surface area (Å²) in [5.74, 6) is 0.632. The van der Waals surface area contributed by atoms with Crippen LogP contribution in [-0.2, 0) is 14.1 Å². The fourth-order valence-corrected chi connectivity index (χ4v) is 2.99. The molecular weight excluding hydrogens is 412 g/mol. The predicted molar refractivity (Wildman–Crippen MR) is 118 cm³/mol. The van der Waals surface area contributed by atoms with Gasteiger partial charge in [-0.3, -0.25) is 14.2 Å². The summed E-state index contributed by atoms with van der Waals surface area (Å²) >= 11 is 0. The molecule has 32 heavy (non-hydrogen) atoms. The first-order valence-corrected chi connectivity index (χ1v) is 9.39. The van der Waals surface area contributed by atoms with Gasteiger partial charge in [-0.1, -0.05) is 6.07 Å². The molecule has 0 radical (unpaired) electrons. The number of ether oxygens (including phenoxy) is 1. The molecule has 0 fully saturated rings. The van der Waals surface area contributed by atoms with E-state index in [0.29, 0.717) is 28.6 Å². The average Bonchev–Trinajstić information content (AvgIpc) is 3.40. The number of aryl methyl sites for hydroxylation is 2. The first kappa shape index (κ1) is 17.2. The lowest BCUT2D eigenvalue weighted by Crippen LogP contribution is -2.20. The molecule has 0 aliphatic heterocycles. The molecule has 1 aromatic carbocycles. The Labute approximate surface area is 187 Å². The number of nitrogens with zero attached hydrogens (tertiary/aromatic N) is 7. The first-order chi connectivity index (χ1) is 16.6. The zero-order valence-electron chi connectivity index (χ0n) is 20.5. The molecule has 3 aromatic heterocycles. The molecule has 164 valence electrons. The van der Waals surface area contributed by atoms with Crippen LogP contribution in [0.2, 0.25) is 0 Å². The molecule has 1 amide bonds. The van der Waals surface area contributed by atoms with Gasteiger partial charge in [0.05, 0.1) is 18.4 Å². The molecule has 0 saturated carbocycles. The molecule has 4 rings (SSSR count). The van der Waals surface area contributed by atoms with Crippen LogP contribution in [0.4, 0.5) is 23.3 Å². The maximum atomic E-state index is 12.7. The van der Waals surface area contributed by atoms with E-state index in [1.54, 1.807) is 60.2 Å². The molecule has 0 spiro atoms. The number of para-hydroxylation sites is 1. The lowest BCUT2D eigenvalue weighted by atomic mass is 10.1. The van der Waals surface area contributed by atoms with Crippen molar-refractivity contribution in [1.82, 2.24) is 39.8 Å². The van der Waals surface area contributed by atoms with E-state index in [1.807, 2.05) is 5.32 Å². The van der Waals surface area contributed by atoms with Gasteiger partial charge >= 0.3 is 0 Å². The van der Waals surface area contributed by atoms with Crippen LogP contribution in [0.25, 0.3) is 11.4 Å². The monoisotopic (exact) mass is 437 g/mol. The molecule has 4 aromatic rings. The summed E-state index contributed by atoms with van der Waals surface area (Å²) in [6.45, 7) is -2.69. The summed E-state index contributed by atoms with van der Waals surface area (Å²) < 4.78 is 30.9. The summed E-state index contributed by atoms with van der Waals surface area (Å²) in [6, 6.07) is 6.98. The Kier molecular flexibility index (Phi) is 4.69. The minimum atomic E-state index is -2.69. The quantitative estimate of drug-likeness (QED) is 0.396. The highest BCUT2D eigenvalue weighted by molar-refractivity contribution is 5.99. The number of benzene rings is 1. The molecule has 0 aliphatic rings. The highest BCUT2D eigenvalue weighted by Crippen LogP contribution is 2.36. The Morgan fingerprint density at radius 3 is 2.69 bits per heavy atom. The van der Waals surface area contributed by atoms with Crippen molar-refractivity contribution < 1.29 is 13.6 Å². The Bertz CT molecular complexity index is 1370. The molecular formula is C20H22N10O2. The summed E-state index contributed by atoms with van der Waals surface area (Å²) in [7, 11) is 5.00. The second-order valence-corrected chi connectivity index (χ2v) is 6.66. The van der Waals surface area contributed by atoms with E-state index < -0.39 is 12.9 Å². The van der Waals surface area contributed by atoms with E-state index in [9.17, 15) is 4.79 Å². The standard InChI is InChI=1S/C20H22N10O2/c1-21-19(31)13-10-22-20(25-15-8-9-29(2)27-15)26-18(13)24-14-7-5-6-12(16(14)32-4)17-23-11-30(3)28-17/h5-11H,1-4H3,(H,21,31)(H2,22,24,25,26,27)/i1D3. The van der Waals surface area contributed by atoms with Crippen LogP contribution < -0.4 is 20.7 Å². The van der Waals surface area contributed by atoms with Gasteiger partial charge in [0.2, 0.25) is 5.95 Å². The second kappa shape index (κ2) is 8.71. The Hall–Kier alpha value is -4.48. The molecule has 12 nitrogen and oxygen atoms in total. The molecule has 0 saturated heterocycles. The number of aromatic nitrogens is 7. The summed E-state index contributed by atoms with van der Waals surface area (Å²) in [5.41, 5.74) is 0.964. The molecule has 0 aliphatic carbocycles. The number of hydrogen-bond acceptors (Lipinski definition) is 9. The number of carbonyl (C=O) groups excluding carboxylic acids is 1. The van der Waals surface area contributed by atoms with Crippen molar-refractivity contribution >= 4 is 29.2 Å². The summed E-state index contributed by atoms with van der Waals surface area (Å²) in [4.78, 5) is 25.5. The number of hydrogen-bond donors (Lipinski definition) is 3. The van der Waals surface area contributed by atoms with E-state index in [2.05, 4.69) is 35.8 Å². The zero-order valence-corrected chi connectivity index (χ0v) is 17.5. The number of carbonyl (C=O) groups is 1. The highest BCUT2D eigenvalue weighted by atomic mass is 16.5. The van der Waals surface area contributed by atoms with Crippen molar-refractivity contribution in [2.24, 2.45) is 14.1 Å². The molecule has 0 unspecified atom stereocenters. The molecule has 0 atom stereocenters. The second-order valence-electron chi connectivity index (χ2n) is 6.66. The number of rotatable bonds is 7. The Morgan fingerprint density at radius 1 is 1.12 bits per heavy atom. The van der Waals surface area contributed by atoms with Gasteiger partial charge < -0.3 is 20.7 Å². The first-order valence-electron chi connectivity index (χ1n) is 10.9. The van der Waals surface area contributed by atoms with E-state index in [1.165, 1.54) is 13.3 Å². The predicted octanol–water partition coefficient (Wildman–Crippen LogP) is 1.86. The zero-order chi connectivity index (χ0) is 25.2.